The summed E-state index contributed by atoms with van der Waals surface area (Å²) in [6.07, 6.45) is 3.10. The maximum absolute atomic E-state index is 10.8. The summed E-state index contributed by atoms with van der Waals surface area (Å²) in [5.41, 5.74) is 4.91. The van der Waals surface area contributed by atoms with Crippen LogP contribution in [0.15, 0.2) is 29.6 Å². The Labute approximate surface area is 118 Å². The number of hydrogen-bond acceptors (Lipinski definition) is 2. The standard InChI is InChI=1S/C17H20OS/c1-11-8-12(2)10-13(9-11)17(18)15-4-3-5-16-14(15)6-7-19-16/h6-10,15,17-18H,3-5H2,1-2H3. The van der Waals surface area contributed by atoms with Crippen molar-refractivity contribution in [2.45, 2.75) is 45.1 Å². The van der Waals surface area contributed by atoms with Crippen molar-refractivity contribution in [1.82, 2.24) is 0 Å². The molecular weight excluding hydrogens is 252 g/mol. The molecule has 2 aromatic rings. The molecule has 19 heavy (non-hydrogen) atoms. The third kappa shape index (κ3) is 2.47. The Balaban J connectivity index is 1.95. The predicted octanol–water partition coefficient (Wildman–Crippen LogP) is 4.52. The normalized spacial score (nSPS) is 20.1. The number of fused-ring (bicyclic) bond motifs is 1. The highest BCUT2D eigenvalue weighted by Gasteiger charge is 2.28. The van der Waals surface area contributed by atoms with Crippen LogP contribution < -0.4 is 0 Å². The number of benzene rings is 1. The lowest BCUT2D eigenvalue weighted by molar-refractivity contribution is 0.136. The number of thiophene rings is 1. The summed E-state index contributed by atoms with van der Waals surface area (Å²) in [5, 5.41) is 12.9. The number of hydrogen-bond donors (Lipinski definition) is 1. The van der Waals surface area contributed by atoms with Crippen molar-refractivity contribution in [1.29, 1.82) is 0 Å². The van der Waals surface area contributed by atoms with Crippen LogP contribution in [0.1, 0.15) is 52.0 Å². The second kappa shape index (κ2) is 5.10. The van der Waals surface area contributed by atoms with Crippen LogP contribution in [0.2, 0.25) is 0 Å². The molecule has 2 unspecified atom stereocenters. The lowest BCUT2D eigenvalue weighted by atomic mass is 9.81. The second-order valence-electron chi connectivity index (χ2n) is 5.66. The Morgan fingerprint density at radius 2 is 1.95 bits per heavy atom. The smallest absolute Gasteiger partial charge is 0.0859 e. The third-order valence-corrected chi connectivity index (χ3v) is 5.06. The van der Waals surface area contributed by atoms with Crippen molar-refractivity contribution in [2.75, 3.05) is 0 Å². The molecule has 1 aromatic heterocycles. The predicted molar refractivity (Wildman–Crippen MR) is 80.9 cm³/mol. The second-order valence-corrected chi connectivity index (χ2v) is 6.66. The molecule has 1 nitrogen and oxygen atoms in total. The minimum absolute atomic E-state index is 0.274. The number of aliphatic hydroxyl groups is 1. The molecule has 0 saturated carbocycles. The van der Waals surface area contributed by atoms with Crippen molar-refractivity contribution < 1.29 is 5.11 Å². The molecule has 0 aliphatic heterocycles. The number of aryl methyl sites for hydroxylation is 3. The van der Waals surface area contributed by atoms with Crippen LogP contribution in [0, 0.1) is 13.8 Å². The van der Waals surface area contributed by atoms with E-state index in [1.165, 1.54) is 34.4 Å². The Kier molecular flexibility index (Phi) is 3.46. The van der Waals surface area contributed by atoms with Gasteiger partial charge in [-0.05, 0) is 55.7 Å². The van der Waals surface area contributed by atoms with E-state index in [9.17, 15) is 5.11 Å². The fourth-order valence-corrected chi connectivity index (χ4v) is 4.26. The van der Waals surface area contributed by atoms with Crippen molar-refractivity contribution >= 4 is 11.3 Å². The van der Waals surface area contributed by atoms with Crippen LogP contribution in [-0.2, 0) is 6.42 Å². The molecule has 2 atom stereocenters. The zero-order valence-corrected chi connectivity index (χ0v) is 12.3. The quantitative estimate of drug-likeness (QED) is 0.852. The highest BCUT2D eigenvalue weighted by molar-refractivity contribution is 7.10. The minimum atomic E-state index is -0.368. The molecule has 0 amide bonds. The molecule has 1 N–H and O–H groups in total. The van der Waals surface area contributed by atoms with Crippen molar-refractivity contribution in [3.05, 3.63) is 56.8 Å². The van der Waals surface area contributed by atoms with E-state index in [0.29, 0.717) is 0 Å². The number of rotatable bonds is 2. The summed E-state index contributed by atoms with van der Waals surface area (Å²) < 4.78 is 0. The monoisotopic (exact) mass is 272 g/mol. The molecule has 1 aromatic carbocycles. The fraction of sp³-hybridized carbons (Fsp3) is 0.412. The Hall–Kier alpha value is -1.12. The van der Waals surface area contributed by atoms with Gasteiger partial charge in [0.1, 0.15) is 0 Å². The zero-order chi connectivity index (χ0) is 13.4. The Bertz CT molecular complexity index is 564. The molecule has 0 spiro atoms. The molecule has 3 rings (SSSR count). The highest BCUT2D eigenvalue weighted by atomic mass is 32.1. The average molecular weight is 272 g/mol. The van der Waals surface area contributed by atoms with Gasteiger partial charge in [0.05, 0.1) is 6.10 Å². The van der Waals surface area contributed by atoms with Gasteiger partial charge in [-0.1, -0.05) is 29.3 Å². The summed E-state index contributed by atoms with van der Waals surface area (Å²) in [6.45, 7) is 4.19. The number of aliphatic hydroxyl groups excluding tert-OH is 1. The zero-order valence-electron chi connectivity index (χ0n) is 11.5. The lowest BCUT2D eigenvalue weighted by Gasteiger charge is -2.28. The Morgan fingerprint density at radius 3 is 2.68 bits per heavy atom. The average Bonchev–Trinajstić information content (AvgIpc) is 2.84. The fourth-order valence-electron chi connectivity index (χ4n) is 3.26. The van der Waals surface area contributed by atoms with Crippen molar-refractivity contribution in [3.8, 4) is 0 Å². The SMILES string of the molecule is Cc1cc(C)cc(C(O)C2CCCc3sccc32)c1. The van der Waals surface area contributed by atoms with E-state index in [4.69, 9.17) is 0 Å². The van der Waals surface area contributed by atoms with Gasteiger partial charge in [-0.25, -0.2) is 0 Å². The lowest BCUT2D eigenvalue weighted by Crippen LogP contribution is -2.15. The van der Waals surface area contributed by atoms with E-state index in [2.05, 4.69) is 43.5 Å². The van der Waals surface area contributed by atoms with E-state index < -0.39 is 0 Å². The molecule has 0 radical (unpaired) electrons. The van der Waals surface area contributed by atoms with Crippen LogP contribution in [0.25, 0.3) is 0 Å². The minimum Gasteiger partial charge on any atom is -0.388 e. The first-order chi connectivity index (χ1) is 9.15. The first kappa shape index (κ1) is 12.9. The van der Waals surface area contributed by atoms with Crippen LogP contribution >= 0.6 is 11.3 Å². The molecule has 1 heterocycles. The van der Waals surface area contributed by atoms with Gasteiger partial charge in [0.25, 0.3) is 0 Å². The van der Waals surface area contributed by atoms with E-state index in [1.54, 1.807) is 0 Å². The summed E-state index contributed by atoms with van der Waals surface area (Å²) in [5.74, 6) is 0.274. The van der Waals surface area contributed by atoms with Crippen LogP contribution in [-0.4, -0.2) is 5.11 Å². The first-order valence-electron chi connectivity index (χ1n) is 6.97. The van der Waals surface area contributed by atoms with E-state index in [1.807, 2.05) is 11.3 Å². The maximum atomic E-state index is 10.8. The summed E-state index contributed by atoms with van der Waals surface area (Å²) in [6, 6.07) is 8.61. The molecule has 1 aliphatic rings. The van der Waals surface area contributed by atoms with Gasteiger partial charge in [0.15, 0.2) is 0 Å². The third-order valence-electron chi connectivity index (χ3n) is 4.06. The van der Waals surface area contributed by atoms with Gasteiger partial charge in [0.2, 0.25) is 0 Å². The van der Waals surface area contributed by atoms with Gasteiger partial charge < -0.3 is 5.11 Å². The van der Waals surface area contributed by atoms with Gasteiger partial charge >= 0.3 is 0 Å². The highest BCUT2D eigenvalue weighted by Crippen LogP contribution is 2.42. The molecule has 0 fully saturated rings. The van der Waals surface area contributed by atoms with Crippen LogP contribution in [0.3, 0.4) is 0 Å². The maximum Gasteiger partial charge on any atom is 0.0859 e. The van der Waals surface area contributed by atoms with Crippen LogP contribution in [0.4, 0.5) is 0 Å². The summed E-state index contributed by atoms with van der Waals surface area (Å²) >= 11 is 1.84. The van der Waals surface area contributed by atoms with E-state index >= 15 is 0 Å². The molecule has 2 heteroatoms. The molecule has 0 bridgehead atoms. The topological polar surface area (TPSA) is 20.2 Å². The van der Waals surface area contributed by atoms with Gasteiger partial charge in [-0.3, -0.25) is 0 Å². The summed E-state index contributed by atoms with van der Waals surface area (Å²) in [4.78, 5) is 1.47. The molecule has 0 saturated heterocycles. The summed E-state index contributed by atoms with van der Waals surface area (Å²) in [7, 11) is 0. The van der Waals surface area contributed by atoms with Gasteiger partial charge in [0, 0.05) is 10.8 Å². The van der Waals surface area contributed by atoms with Gasteiger partial charge in [-0.2, -0.15) is 0 Å². The van der Waals surface area contributed by atoms with Gasteiger partial charge in [-0.15, -0.1) is 11.3 Å². The van der Waals surface area contributed by atoms with Crippen molar-refractivity contribution in [3.63, 3.8) is 0 Å². The first-order valence-corrected chi connectivity index (χ1v) is 7.85. The Morgan fingerprint density at radius 1 is 1.21 bits per heavy atom. The molecule has 100 valence electrons. The van der Waals surface area contributed by atoms with Crippen LogP contribution in [0.5, 0.6) is 0 Å². The van der Waals surface area contributed by atoms with E-state index in [0.717, 1.165) is 12.0 Å². The molecular formula is C17H20OS. The largest absolute Gasteiger partial charge is 0.388 e. The molecule has 1 aliphatic carbocycles. The van der Waals surface area contributed by atoms with E-state index in [-0.39, 0.29) is 12.0 Å². The van der Waals surface area contributed by atoms with Crippen molar-refractivity contribution in [2.24, 2.45) is 0 Å².